The van der Waals surface area contributed by atoms with Gasteiger partial charge in [-0.25, -0.2) is 0 Å². The van der Waals surface area contributed by atoms with Gasteiger partial charge >= 0.3 is 0 Å². The number of nitrogens with zero attached hydrogens (tertiary/aromatic N) is 2. The molecule has 1 aliphatic heterocycles. The van der Waals surface area contributed by atoms with Crippen molar-refractivity contribution >= 4 is 23.6 Å². The minimum atomic E-state index is -0.435. The second-order valence-electron chi connectivity index (χ2n) is 6.67. The van der Waals surface area contributed by atoms with Crippen LogP contribution in [0.2, 0.25) is 0 Å². The molecular weight excluding hydrogens is 326 g/mol. The van der Waals surface area contributed by atoms with Crippen molar-refractivity contribution < 1.29 is 9.21 Å². The molecule has 3 rings (SSSR count). The van der Waals surface area contributed by atoms with Gasteiger partial charge < -0.3 is 14.6 Å². The summed E-state index contributed by atoms with van der Waals surface area (Å²) in [7, 11) is 0. The number of amides is 1. The highest BCUT2D eigenvalue weighted by Gasteiger charge is 2.16. The zero-order valence-electron chi connectivity index (χ0n) is 15.2. The molecule has 0 unspecified atom stereocenters. The van der Waals surface area contributed by atoms with Gasteiger partial charge in [0.1, 0.15) is 17.4 Å². The SMILES string of the molecule is Cc1ccc(NC(=O)/C(C#N)=C/c2ccc(N3CCCCC3)o2)c(C)c1. The molecule has 0 aliphatic carbocycles. The largest absolute Gasteiger partial charge is 0.441 e. The van der Waals surface area contributed by atoms with Gasteiger partial charge in [0.05, 0.1) is 0 Å². The van der Waals surface area contributed by atoms with Crippen molar-refractivity contribution in [2.45, 2.75) is 33.1 Å². The molecule has 1 aromatic carbocycles. The van der Waals surface area contributed by atoms with Crippen LogP contribution < -0.4 is 10.2 Å². The first-order chi connectivity index (χ1) is 12.6. The van der Waals surface area contributed by atoms with Crippen molar-refractivity contribution in [3.8, 4) is 6.07 Å². The molecule has 1 aliphatic rings. The van der Waals surface area contributed by atoms with E-state index >= 15 is 0 Å². The van der Waals surface area contributed by atoms with Crippen molar-refractivity contribution in [3.05, 3.63) is 52.8 Å². The molecule has 1 saturated heterocycles. The molecule has 5 heteroatoms. The van der Waals surface area contributed by atoms with Gasteiger partial charge in [0.2, 0.25) is 0 Å². The van der Waals surface area contributed by atoms with Crippen LogP contribution in [0, 0.1) is 25.2 Å². The number of anilines is 2. The molecule has 1 aromatic heterocycles. The lowest BCUT2D eigenvalue weighted by Crippen LogP contribution is -2.28. The lowest BCUT2D eigenvalue weighted by Gasteiger charge is -2.25. The molecule has 1 amide bonds. The Morgan fingerprint density at radius 3 is 2.65 bits per heavy atom. The van der Waals surface area contributed by atoms with Crippen LogP contribution in [-0.4, -0.2) is 19.0 Å². The Balaban J connectivity index is 1.74. The molecule has 1 fully saturated rings. The molecule has 2 aromatic rings. The molecule has 5 nitrogen and oxygen atoms in total. The van der Waals surface area contributed by atoms with Crippen molar-refractivity contribution in [1.29, 1.82) is 5.26 Å². The molecule has 1 N–H and O–H groups in total. The Labute approximate surface area is 153 Å². The number of hydrogen-bond acceptors (Lipinski definition) is 4. The second kappa shape index (κ2) is 7.92. The fourth-order valence-electron chi connectivity index (χ4n) is 3.14. The smallest absolute Gasteiger partial charge is 0.266 e. The van der Waals surface area contributed by atoms with E-state index in [1.807, 2.05) is 44.2 Å². The van der Waals surface area contributed by atoms with Crippen LogP contribution in [0.15, 0.2) is 40.3 Å². The van der Waals surface area contributed by atoms with Crippen molar-refractivity contribution in [3.63, 3.8) is 0 Å². The first-order valence-corrected chi connectivity index (χ1v) is 8.92. The van der Waals surface area contributed by atoms with Crippen molar-refractivity contribution in [2.75, 3.05) is 23.3 Å². The van der Waals surface area contributed by atoms with Gasteiger partial charge in [-0.3, -0.25) is 4.79 Å². The summed E-state index contributed by atoms with van der Waals surface area (Å²) in [6.07, 6.45) is 5.06. The van der Waals surface area contributed by atoms with Crippen molar-refractivity contribution in [1.82, 2.24) is 0 Å². The number of nitrogens with one attached hydrogen (secondary N) is 1. The van der Waals surface area contributed by atoms with E-state index in [2.05, 4.69) is 10.2 Å². The Hall–Kier alpha value is -3.00. The highest BCUT2D eigenvalue weighted by molar-refractivity contribution is 6.09. The molecule has 0 bridgehead atoms. The predicted octanol–water partition coefficient (Wildman–Crippen LogP) is 4.43. The lowest BCUT2D eigenvalue weighted by atomic mass is 10.1. The third-order valence-electron chi connectivity index (χ3n) is 4.56. The fraction of sp³-hybridized carbons (Fsp3) is 0.333. The number of nitriles is 1. The number of aryl methyl sites for hydroxylation is 2. The predicted molar refractivity (Wildman–Crippen MR) is 103 cm³/mol. The number of benzene rings is 1. The number of hydrogen-bond donors (Lipinski definition) is 1. The van der Waals surface area contributed by atoms with Crippen LogP contribution >= 0.6 is 0 Å². The summed E-state index contributed by atoms with van der Waals surface area (Å²) in [5.74, 6) is 0.872. The third kappa shape index (κ3) is 4.15. The Bertz CT molecular complexity index is 868. The number of piperidine rings is 1. The van der Waals surface area contributed by atoms with Gasteiger partial charge in [0.25, 0.3) is 5.91 Å². The average Bonchev–Trinajstić information content (AvgIpc) is 3.11. The zero-order valence-corrected chi connectivity index (χ0v) is 15.2. The van der Waals surface area contributed by atoms with E-state index in [9.17, 15) is 10.1 Å². The van der Waals surface area contributed by atoms with Crippen LogP contribution in [-0.2, 0) is 4.79 Å². The zero-order chi connectivity index (χ0) is 18.5. The number of carbonyl (C=O) groups excluding carboxylic acids is 1. The van der Waals surface area contributed by atoms with Gasteiger partial charge in [-0.05, 0) is 50.8 Å². The molecule has 0 spiro atoms. The molecule has 0 atom stereocenters. The number of carbonyl (C=O) groups is 1. The standard InChI is InChI=1S/C21H23N3O2/c1-15-6-8-19(16(2)12-15)23-21(25)17(14-22)13-18-7-9-20(26-18)24-10-4-3-5-11-24/h6-9,12-13H,3-5,10-11H2,1-2H3,(H,23,25)/b17-13+. The van der Waals surface area contributed by atoms with Gasteiger partial charge in [0, 0.05) is 30.9 Å². The maximum atomic E-state index is 12.4. The van der Waals surface area contributed by atoms with E-state index < -0.39 is 5.91 Å². The van der Waals surface area contributed by atoms with Gasteiger partial charge in [-0.15, -0.1) is 0 Å². The molecule has 2 heterocycles. The van der Waals surface area contributed by atoms with E-state index in [0.717, 1.165) is 42.9 Å². The highest BCUT2D eigenvalue weighted by atomic mass is 16.4. The van der Waals surface area contributed by atoms with E-state index in [1.54, 1.807) is 6.07 Å². The van der Waals surface area contributed by atoms with Crippen LogP contribution in [0.3, 0.4) is 0 Å². The first-order valence-electron chi connectivity index (χ1n) is 8.92. The first kappa shape index (κ1) is 17.8. The second-order valence-corrected chi connectivity index (χ2v) is 6.67. The topological polar surface area (TPSA) is 69.3 Å². The summed E-state index contributed by atoms with van der Waals surface area (Å²) < 4.78 is 5.81. The van der Waals surface area contributed by atoms with Crippen LogP contribution in [0.5, 0.6) is 0 Å². The molecular formula is C21H23N3O2. The van der Waals surface area contributed by atoms with E-state index in [4.69, 9.17) is 4.42 Å². The molecule has 0 radical (unpaired) electrons. The number of rotatable bonds is 4. The van der Waals surface area contributed by atoms with Crippen LogP contribution in [0.1, 0.15) is 36.1 Å². The maximum Gasteiger partial charge on any atom is 0.266 e. The third-order valence-corrected chi connectivity index (χ3v) is 4.56. The summed E-state index contributed by atoms with van der Waals surface area (Å²) in [5, 5.41) is 12.2. The maximum absolute atomic E-state index is 12.4. The molecule has 0 saturated carbocycles. The quantitative estimate of drug-likeness (QED) is 0.655. The summed E-state index contributed by atoms with van der Waals surface area (Å²) >= 11 is 0. The summed E-state index contributed by atoms with van der Waals surface area (Å²) in [6.45, 7) is 5.88. The summed E-state index contributed by atoms with van der Waals surface area (Å²) in [5.41, 5.74) is 2.80. The van der Waals surface area contributed by atoms with E-state index in [0.29, 0.717) is 11.4 Å². The Morgan fingerprint density at radius 1 is 1.19 bits per heavy atom. The fourth-order valence-corrected chi connectivity index (χ4v) is 3.14. The van der Waals surface area contributed by atoms with Crippen LogP contribution in [0.4, 0.5) is 11.6 Å². The Kier molecular flexibility index (Phi) is 5.43. The van der Waals surface area contributed by atoms with Gasteiger partial charge in [0.15, 0.2) is 5.88 Å². The Morgan fingerprint density at radius 2 is 1.96 bits per heavy atom. The van der Waals surface area contributed by atoms with Crippen LogP contribution in [0.25, 0.3) is 6.08 Å². The number of furan rings is 1. The lowest BCUT2D eigenvalue weighted by molar-refractivity contribution is -0.112. The highest BCUT2D eigenvalue weighted by Crippen LogP contribution is 2.24. The van der Waals surface area contributed by atoms with E-state index in [1.165, 1.54) is 12.5 Å². The van der Waals surface area contributed by atoms with Gasteiger partial charge in [-0.1, -0.05) is 17.7 Å². The monoisotopic (exact) mass is 349 g/mol. The van der Waals surface area contributed by atoms with Gasteiger partial charge in [-0.2, -0.15) is 5.26 Å². The summed E-state index contributed by atoms with van der Waals surface area (Å²) in [6, 6.07) is 11.4. The summed E-state index contributed by atoms with van der Waals surface area (Å²) in [4.78, 5) is 14.6. The molecule has 26 heavy (non-hydrogen) atoms. The minimum Gasteiger partial charge on any atom is -0.441 e. The van der Waals surface area contributed by atoms with E-state index in [-0.39, 0.29) is 5.57 Å². The normalized spacial score (nSPS) is 14.8. The molecule has 134 valence electrons. The minimum absolute atomic E-state index is 0.0181. The average molecular weight is 349 g/mol. The van der Waals surface area contributed by atoms with Crippen molar-refractivity contribution in [2.24, 2.45) is 0 Å².